The van der Waals surface area contributed by atoms with Crippen molar-refractivity contribution in [2.45, 2.75) is 12.5 Å². The zero-order chi connectivity index (χ0) is 18.6. The first-order chi connectivity index (χ1) is 13.2. The fourth-order valence-corrected chi connectivity index (χ4v) is 3.62. The van der Waals surface area contributed by atoms with E-state index in [1.807, 2.05) is 41.3 Å². The standard InChI is InChI=1S/C20H22N4O3.ClH/c25-19(24-11-9-22-13-17(24)15-4-3-8-21-12-15)7-10-23-16-5-1-2-6-18(16)27-14-20(23)26;/h1-6,8,12,17,22H,7,9-11,13-14H2;1H. The van der Waals surface area contributed by atoms with Gasteiger partial charge in [-0.15, -0.1) is 12.4 Å². The molecule has 4 rings (SSSR count). The number of benzene rings is 1. The number of aromatic nitrogens is 1. The lowest BCUT2D eigenvalue weighted by Gasteiger charge is -2.37. The Labute approximate surface area is 170 Å². The molecule has 1 fully saturated rings. The van der Waals surface area contributed by atoms with E-state index in [-0.39, 0.29) is 43.3 Å². The predicted molar refractivity (Wildman–Crippen MR) is 108 cm³/mol. The second kappa shape index (κ2) is 9.03. The largest absolute Gasteiger partial charge is 0.482 e. The molecule has 1 aromatic heterocycles. The lowest BCUT2D eigenvalue weighted by atomic mass is 10.0. The third-order valence-corrected chi connectivity index (χ3v) is 4.99. The van der Waals surface area contributed by atoms with Crippen molar-refractivity contribution in [1.29, 1.82) is 0 Å². The quantitative estimate of drug-likeness (QED) is 0.844. The monoisotopic (exact) mass is 402 g/mol. The summed E-state index contributed by atoms with van der Waals surface area (Å²) in [7, 11) is 0. The minimum atomic E-state index is -0.120. The third-order valence-electron chi connectivity index (χ3n) is 4.99. The molecule has 0 aliphatic carbocycles. The molecule has 3 heterocycles. The molecule has 1 saturated heterocycles. The van der Waals surface area contributed by atoms with Gasteiger partial charge in [-0.1, -0.05) is 18.2 Å². The van der Waals surface area contributed by atoms with Crippen molar-refractivity contribution in [2.24, 2.45) is 0 Å². The first kappa shape index (κ1) is 20.1. The summed E-state index contributed by atoms with van der Waals surface area (Å²) in [5.74, 6) is 0.604. The number of halogens is 1. The molecular weight excluding hydrogens is 380 g/mol. The third kappa shape index (κ3) is 4.10. The van der Waals surface area contributed by atoms with Gasteiger partial charge in [0.15, 0.2) is 6.61 Å². The zero-order valence-electron chi connectivity index (χ0n) is 15.4. The number of anilines is 1. The molecule has 0 radical (unpaired) electrons. The van der Waals surface area contributed by atoms with Gasteiger partial charge in [0, 0.05) is 45.0 Å². The van der Waals surface area contributed by atoms with Crippen LogP contribution in [0.1, 0.15) is 18.0 Å². The number of nitrogens with one attached hydrogen (secondary N) is 1. The van der Waals surface area contributed by atoms with E-state index in [0.717, 1.165) is 17.8 Å². The molecular formula is C20H23ClN4O3. The normalized spacial score (nSPS) is 18.7. The van der Waals surface area contributed by atoms with Crippen molar-refractivity contribution in [1.82, 2.24) is 15.2 Å². The number of hydrogen-bond donors (Lipinski definition) is 1. The van der Waals surface area contributed by atoms with Gasteiger partial charge in [-0.25, -0.2) is 0 Å². The maximum absolute atomic E-state index is 13.0. The van der Waals surface area contributed by atoms with Crippen molar-refractivity contribution < 1.29 is 14.3 Å². The van der Waals surface area contributed by atoms with Crippen LogP contribution in [0.4, 0.5) is 5.69 Å². The van der Waals surface area contributed by atoms with Crippen molar-refractivity contribution in [2.75, 3.05) is 37.7 Å². The highest BCUT2D eigenvalue weighted by Gasteiger charge is 2.30. The van der Waals surface area contributed by atoms with E-state index in [1.165, 1.54) is 0 Å². The van der Waals surface area contributed by atoms with Crippen molar-refractivity contribution in [3.05, 3.63) is 54.4 Å². The van der Waals surface area contributed by atoms with Gasteiger partial charge in [-0.3, -0.25) is 14.6 Å². The molecule has 1 aromatic carbocycles. The number of piperazine rings is 1. The summed E-state index contributed by atoms with van der Waals surface area (Å²) in [4.78, 5) is 33.0. The first-order valence-electron chi connectivity index (χ1n) is 9.16. The van der Waals surface area contributed by atoms with Crippen LogP contribution in [0.3, 0.4) is 0 Å². The highest BCUT2D eigenvalue weighted by molar-refractivity contribution is 5.98. The Hall–Kier alpha value is -2.64. The number of carbonyl (C=O) groups excluding carboxylic acids is 2. The van der Waals surface area contributed by atoms with Gasteiger partial charge in [0.05, 0.1) is 11.7 Å². The maximum atomic E-state index is 13.0. The van der Waals surface area contributed by atoms with E-state index >= 15 is 0 Å². The van der Waals surface area contributed by atoms with Crippen molar-refractivity contribution in [3.63, 3.8) is 0 Å². The molecule has 2 aliphatic rings. The average Bonchev–Trinajstić information content (AvgIpc) is 2.73. The number of rotatable bonds is 4. The van der Waals surface area contributed by atoms with Crippen LogP contribution in [0.15, 0.2) is 48.8 Å². The number of hydrogen-bond acceptors (Lipinski definition) is 5. The molecule has 7 nitrogen and oxygen atoms in total. The van der Waals surface area contributed by atoms with Gasteiger partial charge in [0.2, 0.25) is 5.91 Å². The highest BCUT2D eigenvalue weighted by Crippen LogP contribution is 2.31. The number of amides is 2. The minimum Gasteiger partial charge on any atom is -0.482 e. The zero-order valence-corrected chi connectivity index (χ0v) is 16.2. The Balaban J connectivity index is 0.00000225. The van der Waals surface area contributed by atoms with Crippen LogP contribution in [0.25, 0.3) is 0 Å². The molecule has 2 aromatic rings. The van der Waals surface area contributed by atoms with Crippen LogP contribution in [-0.2, 0) is 9.59 Å². The number of ether oxygens (including phenoxy) is 1. The van der Waals surface area contributed by atoms with Crippen LogP contribution < -0.4 is 15.0 Å². The molecule has 28 heavy (non-hydrogen) atoms. The summed E-state index contributed by atoms with van der Waals surface area (Å²) in [6.07, 6.45) is 3.81. The Morgan fingerprint density at radius 1 is 1.25 bits per heavy atom. The lowest BCUT2D eigenvalue weighted by Crippen LogP contribution is -2.49. The van der Waals surface area contributed by atoms with Crippen molar-refractivity contribution >= 4 is 29.9 Å². The second-order valence-electron chi connectivity index (χ2n) is 6.65. The van der Waals surface area contributed by atoms with E-state index in [0.29, 0.717) is 25.4 Å². The Morgan fingerprint density at radius 2 is 2.11 bits per heavy atom. The smallest absolute Gasteiger partial charge is 0.265 e. The summed E-state index contributed by atoms with van der Waals surface area (Å²) in [5.41, 5.74) is 1.75. The predicted octanol–water partition coefficient (Wildman–Crippen LogP) is 1.79. The van der Waals surface area contributed by atoms with Gasteiger partial charge in [0.1, 0.15) is 5.75 Å². The number of fused-ring (bicyclic) bond motifs is 1. The van der Waals surface area contributed by atoms with Crippen LogP contribution in [-0.4, -0.2) is 54.5 Å². The molecule has 2 aliphatic heterocycles. The van der Waals surface area contributed by atoms with E-state index in [1.54, 1.807) is 17.3 Å². The van der Waals surface area contributed by atoms with Gasteiger partial charge in [0.25, 0.3) is 5.91 Å². The molecule has 148 valence electrons. The lowest BCUT2D eigenvalue weighted by molar-refractivity contribution is -0.134. The summed E-state index contributed by atoms with van der Waals surface area (Å²) < 4.78 is 5.46. The van der Waals surface area contributed by atoms with Gasteiger partial charge < -0.3 is 19.9 Å². The summed E-state index contributed by atoms with van der Waals surface area (Å²) in [6.45, 7) is 2.48. The van der Waals surface area contributed by atoms with Gasteiger partial charge in [-0.05, 0) is 23.8 Å². The van der Waals surface area contributed by atoms with E-state index in [4.69, 9.17) is 4.74 Å². The molecule has 8 heteroatoms. The number of para-hydroxylation sites is 2. The summed E-state index contributed by atoms with van der Waals surface area (Å²) in [5, 5.41) is 3.34. The van der Waals surface area contributed by atoms with E-state index in [9.17, 15) is 9.59 Å². The number of pyridine rings is 1. The van der Waals surface area contributed by atoms with Crippen LogP contribution >= 0.6 is 12.4 Å². The molecule has 0 saturated carbocycles. The maximum Gasteiger partial charge on any atom is 0.265 e. The second-order valence-corrected chi connectivity index (χ2v) is 6.65. The molecule has 2 amide bonds. The highest BCUT2D eigenvalue weighted by atomic mass is 35.5. The van der Waals surface area contributed by atoms with Gasteiger partial charge >= 0.3 is 0 Å². The fourth-order valence-electron chi connectivity index (χ4n) is 3.62. The topological polar surface area (TPSA) is 74.8 Å². The summed E-state index contributed by atoms with van der Waals surface area (Å²) >= 11 is 0. The van der Waals surface area contributed by atoms with Crippen LogP contribution in [0.5, 0.6) is 5.75 Å². The van der Waals surface area contributed by atoms with Crippen LogP contribution in [0.2, 0.25) is 0 Å². The molecule has 0 bridgehead atoms. The van der Waals surface area contributed by atoms with Crippen LogP contribution in [0, 0.1) is 0 Å². The Morgan fingerprint density at radius 3 is 2.93 bits per heavy atom. The first-order valence-corrected chi connectivity index (χ1v) is 9.16. The molecule has 1 unspecified atom stereocenters. The molecule has 1 N–H and O–H groups in total. The Bertz CT molecular complexity index is 833. The SMILES string of the molecule is Cl.O=C1COc2ccccc2N1CCC(=O)N1CCNCC1c1cccnc1. The van der Waals surface area contributed by atoms with E-state index < -0.39 is 0 Å². The summed E-state index contributed by atoms with van der Waals surface area (Å²) in [6, 6.07) is 11.3. The number of nitrogens with zero attached hydrogens (tertiary/aromatic N) is 3. The minimum absolute atomic E-state index is 0. The Kier molecular flexibility index (Phi) is 6.49. The average molecular weight is 403 g/mol. The fraction of sp³-hybridized carbons (Fsp3) is 0.350. The van der Waals surface area contributed by atoms with E-state index in [2.05, 4.69) is 10.3 Å². The van der Waals surface area contributed by atoms with Crippen molar-refractivity contribution in [3.8, 4) is 5.75 Å². The molecule has 0 spiro atoms. The van der Waals surface area contributed by atoms with Gasteiger partial charge in [-0.2, -0.15) is 0 Å². The number of carbonyl (C=O) groups is 2. The molecule has 1 atom stereocenters.